The molecule has 1 unspecified atom stereocenters. The Labute approximate surface area is 181 Å². The van der Waals surface area contributed by atoms with Crippen molar-refractivity contribution in [2.24, 2.45) is 12.1 Å². The molecule has 1 amide bonds. The highest BCUT2D eigenvalue weighted by molar-refractivity contribution is 7.99. The summed E-state index contributed by atoms with van der Waals surface area (Å²) in [6, 6.07) is 10.7. The number of hydrazone groups is 1. The summed E-state index contributed by atoms with van der Waals surface area (Å²) in [7, 11) is 1.86. The van der Waals surface area contributed by atoms with Crippen molar-refractivity contribution in [2.75, 3.05) is 5.75 Å². The van der Waals surface area contributed by atoms with Crippen LogP contribution in [0.2, 0.25) is 0 Å². The quantitative estimate of drug-likeness (QED) is 0.428. The summed E-state index contributed by atoms with van der Waals surface area (Å²) in [6.45, 7) is 0. The number of thioether (sulfide) groups is 1. The molecule has 0 radical (unpaired) electrons. The van der Waals surface area contributed by atoms with Gasteiger partial charge in [-0.3, -0.25) is 9.78 Å². The first-order valence-corrected chi connectivity index (χ1v) is 10.6. The Hall–Kier alpha value is -3.66. The third kappa shape index (κ3) is 3.77. The van der Waals surface area contributed by atoms with Gasteiger partial charge in [0.1, 0.15) is 23.3 Å². The van der Waals surface area contributed by atoms with Gasteiger partial charge in [-0.05, 0) is 36.4 Å². The molecule has 5 rings (SSSR count). The Morgan fingerprint density at radius 3 is 2.77 bits per heavy atom. The first-order valence-electron chi connectivity index (χ1n) is 9.60. The van der Waals surface area contributed by atoms with Crippen molar-refractivity contribution in [1.82, 2.24) is 24.8 Å². The molecule has 10 heteroatoms. The highest BCUT2D eigenvalue weighted by Crippen LogP contribution is 2.34. The zero-order valence-electron chi connectivity index (χ0n) is 16.6. The summed E-state index contributed by atoms with van der Waals surface area (Å²) < 4.78 is 12.9. The zero-order valence-corrected chi connectivity index (χ0v) is 17.4. The van der Waals surface area contributed by atoms with Gasteiger partial charge in [0.15, 0.2) is 11.0 Å². The summed E-state index contributed by atoms with van der Waals surface area (Å²) in [5, 5.41) is 15.1. The number of hydrogen-bond donors (Lipinski definition) is 0. The van der Waals surface area contributed by atoms with E-state index in [1.165, 1.54) is 16.8 Å². The summed E-state index contributed by atoms with van der Waals surface area (Å²) in [6.07, 6.45) is 7.14. The zero-order chi connectivity index (χ0) is 21.2. The van der Waals surface area contributed by atoms with Crippen LogP contribution in [0.4, 0.5) is 0 Å². The maximum atomic E-state index is 13.1. The van der Waals surface area contributed by atoms with Gasteiger partial charge in [0.05, 0.1) is 18.3 Å². The first-order chi connectivity index (χ1) is 15.2. The number of carbonyl (C=O) groups excluding carboxylic acids is 1. The van der Waals surface area contributed by atoms with Crippen molar-refractivity contribution in [3.8, 4) is 11.4 Å². The van der Waals surface area contributed by atoms with E-state index in [9.17, 15) is 4.79 Å². The van der Waals surface area contributed by atoms with Crippen LogP contribution in [0.25, 0.3) is 11.4 Å². The minimum atomic E-state index is -0.311. The van der Waals surface area contributed by atoms with Gasteiger partial charge in [0.2, 0.25) is 0 Å². The third-order valence-electron chi connectivity index (χ3n) is 4.92. The monoisotopic (exact) mass is 434 g/mol. The molecule has 0 N–H and O–H groups in total. The Kier molecular flexibility index (Phi) is 5.13. The van der Waals surface area contributed by atoms with Crippen LogP contribution in [-0.4, -0.2) is 42.1 Å². The van der Waals surface area contributed by atoms with Crippen molar-refractivity contribution < 1.29 is 13.6 Å². The normalized spacial score (nSPS) is 16.0. The van der Waals surface area contributed by atoms with Crippen molar-refractivity contribution in [2.45, 2.75) is 17.6 Å². The van der Waals surface area contributed by atoms with Gasteiger partial charge < -0.3 is 13.4 Å². The lowest BCUT2D eigenvalue weighted by Gasteiger charge is -2.19. The Morgan fingerprint density at radius 1 is 1.16 bits per heavy atom. The van der Waals surface area contributed by atoms with Crippen molar-refractivity contribution in [3.63, 3.8) is 0 Å². The van der Waals surface area contributed by atoms with E-state index in [4.69, 9.17) is 8.83 Å². The Balaban J connectivity index is 1.34. The summed E-state index contributed by atoms with van der Waals surface area (Å²) in [5.74, 6) is 2.02. The Bertz CT molecular complexity index is 1200. The third-order valence-corrected chi connectivity index (χ3v) is 5.93. The molecule has 156 valence electrons. The number of hydrogen-bond acceptors (Lipinski definition) is 8. The van der Waals surface area contributed by atoms with Crippen molar-refractivity contribution >= 4 is 23.4 Å². The fraction of sp³-hybridized carbons (Fsp3) is 0.190. The van der Waals surface area contributed by atoms with Gasteiger partial charge in [-0.2, -0.15) is 5.10 Å². The molecule has 4 aromatic rings. The van der Waals surface area contributed by atoms with Crippen molar-refractivity contribution in [1.29, 1.82) is 0 Å². The predicted octanol–water partition coefficient (Wildman–Crippen LogP) is 3.53. The summed E-state index contributed by atoms with van der Waals surface area (Å²) in [4.78, 5) is 17.2. The molecule has 4 aromatic heterocycles. The SMILES string of the molecule is Cn1c(SCC(=O)N2N=C(c3ccco3)CC2c2ccco2)nnc1-c1cccnc1. The second kappa shape index (κ2) is 8.23. The maximum absolute atomic E-state index is 13.1. The highest BCUT2D eigenvalue weighted by Gasteiger charge is 2.35. The Morgan fingerprint density at radius 2 is 2.03 bits per heavy atom. The average molecular weight is 434 g/mol. The largest absolute Gasteiger partial charge is 0.467 e. The number of furan rings is 2. The maximum Gasteiger partial charge on any atom is 0.253 e. The number of nitrogens with zero attached hydrogens (tertiary/aromatic N) is 6. The van der Waals surface area contributed by atoms with E-state index in [-0.39, 0.29) is 17.7 Å². The second-order valence-electron chi connectivity index (χ2n) is 6.89. The van der Waals surface area contributed by atoms with E-state index in [0.29, 0.717) is 34.6 Å². The second-order valence-corrected chi connectivity index (χ2v) is 7.84. The molecular weight excluding hydrogens is 416 g/mol. The fourth-order valence-corrected chi connectivity index (χ4v) is 4.18. The van der Waals surface area contributed by atoms with Crippen LogP contribution in [0.5, 0.6) is 0 Å². The van der Waals surface area contributed by atoms with E-state index >= 15 is 0 Å². The van der Waals surface area contributed by atoms with E-state index in [1.807, 2.05) is 35.9 Å². The summed E-state index contributed by atoms with van der Waals surface area (Å²) in [5.41, 5.74) is 1.57. The molecule has 1 aliphatic heterocycles. The van der Waals surface area contributed by atoms with Gasteiger partial charge in [-0.25, -0.2) is 5.01 Å². The molecular formula is C21H18N6O3S. The lowest BCUT2D eigenvalue weighted by molar-refractivity contribution is -0.130. The fourth-order valence-electron chi connectivity index (χ4n) is 3.41. The van der Waals surface area contributed by atoms with E-state index in [0.717, 1.165) is 5.56 Å². The van der Waals surface area contributed by atoms with Gasteiger partial charge >= 0.3 is 0 Å². The van der Waals surface area contributed by atoms with E-state index in [1.54, 1.807) is 37.1 Å². The molecule has 31 heavy (non-hydrogen) atoms. The van der Waals surface area contributed by atoms with E-state index in [2.05, 4.69) is 20.3 Å². The van der Waals surface area contributed by atoms with Gasteiger partial charge in [-0.15, -0.1) is 10.2 Å². The van der Waals surface area contributed by atoms with Crippen LogP contribution in [0, 0.1) is 0 Å². The molecule has 1 aliphatic rings. The molecule has 0 aliphatic carbocycles. The number of aromatic nitrogens is 4. The standard InChI is InChI=1S/C21H18N6O3S/c1-26-20(14-5-2-8-22-12-14)23-24-21(26)31-13-19(28)27-16(18-7-4-10-30-18)11-15(25-27)17-6-3-9-29-17/h2-10,12,16H,11,13H2,1H3. The van der Waals surface area contributed by atoms with Crippen LogP contribution in [0.3, 0.4) is 0 Å². The first kappa shape index (κ1) is 19.3. The average Bonchev–Trinajstić information content (AvgIpc) is 3.59. The minimum absolute atomic E-state index is 0.154. The lowest BCUT2D eigenvalue weighted by Crippen LogP contribution is -2.28. The number of carbonyl (C=O) groups is 1. The van der Waals surface area contributed by atoms with Crippen LogP contribution in [-0.2, 0) is 11.8 Å². The van der Waals surface area contributed by atoms with Crippen LogP contribution in [0.1, 0.15) is 24.0 Å². The van der Waals surface area contributed by atoms with Gasteiger partial charge in [0, 0.05) is 31.4 Å². The molecule has 5 heterocycles. The molecule has 0 bridgehead atoms. The van der Waals surface area contributed by atoms with Crippen LogP contribution < -0.4 is 0 Å². The molecule has 0 spiro atoms. The minimum Gasteiger partial charge on any atom is -0.467 e. The number of amides is 1. The van der Waals surface area contributed by atoms with Gasteiger partial charge in [-0.1, -0.05) is 11.8 Å². The van der Waals surface area contributed by atoms with Gasteiger partial charge in [0.25, 0.3) is 5.91 Å². The van der Waals surface area contributed by atoms with Crippen LogP contribution >= 0.6 is 11.8 Å². The smallest absolute Gasteiger partial charge is 0.253 e. The highest BCUT2D eigenvalue weighted by atomic mass is 32.2. The predicted molar refractivity (Wildman–Crippen MR) is 113 cm³/mol. The molecule has 0 aromatic carbocycles. The van der Waals surface area contributed by atoms with Crippen molar-refractivity contribution in [3.05, 3.63) is 72.8 Å². The molecule has 9 nitrogen and oxygen atoms in total. The molecule has 1 atom stereocenters. The lowest BCUT2D eigenvalue weighted by atomic mass is 10.1. The van der Waals surface area contributed by atoms with E-state index < -0.39 is 0 Å². The topological polar surface area (TPSA) is 103 Å². The molecule has 0 saturated carbocycles. The summed E-state index contributed by atoms with van der Waals surface area (Å²) >= 11 is 1.31. The number of pyridine rings is 1. The van der Waals surface area contributed by atoms with Crippen LogP contribution in [0.15, 0.2) is 80.4 Å². The molecule has 0 saturated heterocycles. The number of rotatable bonds is 6. The molecule has 0 fully saturated rings.